The van der Waals surface area contributed by atoms with Crippen molar-refractivity contribution in [2.75, 3.05) is 0 Å². The van der Waals surface area contributed by atoms with Crippen molar-refractivity contribution in [1.82, 2.24) is 0 Å². The molecule has 0 unspecified atom stereocenters. The molecule has 0 saturated heterocycles. The first-order chi connectivity index (χ1) is 6.57. The number of nitrogens with two attached hydrogens (primary N) is 1. The monoisotopic (exact) mass is 192 g/mol. The molecule has 1 aromatic rings. The van der Waals surface area contributed by atoms with Crippen LogP contribution in [0.15, 0.2) is 17.2 Å². The largest absolute Gasteiger partial charge is 0.507 e. The molecule has 3 N–H and O–H groups in total. The van der Waals surface area contributed by atoms with Crippen LogP contribution in [0.5, 0.6) is 5.75 Å². The van der Waals surface area contributed by atoms with Gasteiger partial charge in [0.1, 0.15) is 5.75 Å². The van der Waals surface area contributed by atoms with Gasteiger partial charge in [0.25, 0.3) is 0 Å². The van der Waals surface area contributed by atoms with Crippen molar-refractivity contribution < 1.29 is 5.11 Å². The predicted molar refractivity (Wildman–Crippen MR) is 58.7 cm³/mol. The highest BCUT2D eigenvalue weighted by Crippen LogP contribution is 2.28. The maximum absolute atomic E-state index is 9.81. The minimum atomic E-state index is 0.269. The lowest BCUT2D eigenvalue weighted by molar-refractivity contribution is 0.469. The van der Waals surface area contributed by atoms with Crippen LogP contribution in [0.4, 0.5) is 0 Å². The van der Waals surface area contributed by atoms with Crippen molar-refractivity contribution in [3.63, 3.8) is 0 Å². The number of benzene rings is 1. The Labute approximate surface area is 84.3 Å². The van der Waals surface area contributed by atoms with Gasteiger partial charge in [0.15, 0.2) is 0 Å². The van der Waals surface area contributed by atoms with E-state index in [4.69, 9.17) is 5.84 Å². The number of aromatic hydroxyl groups is 1. The summed E-state index contributed by atoms with van der Waals surface area (Å²) >= 11 is 0. The third-order valence-electron chi connectivity index (χ3n) is 2.28. The molecule has 0 atom stereocenters. The van der Waals surface area contributed by atoms with E-state index < -0.39 is 0 Å². The summed E-state index contributed by atoms with van der Waals surface area (Å²) in [4.78, 5) is 0. The van der Waals surface area contributed by atoms with Gasteiger partial charge in [-0.2, -0.15) is 5.10 Å². The van der Waals surface area contributed by atoms with Gasteiger partial charge in [-0.15, -0.1) is 0 Å². The predicted octanol–water partition coefficient (Wildman–Crippen LogP) is 2.12. The zero-order chi connectivity index (χ0) is 10.7. The van der Waals surface area contributed by atoms with E-state index in [1.54, 1.807) is 0 Å². The Hall–Kier alpha value is -1.51. The van der Waals surface area contributed by atoms with E-state index in [2.05, 4.69) is 18.9 Å². The molecule has 0 amide bonds. The number of aryl methyl sites for hydroxylation is 1. The maximum atomic E-state index is 9.81. The van der Waals surface area contributed by atoms with Crippen molar-refractivity contribution in [3.05, 3.63) is 28.8 Å². The lowest BCUT2D eigenvalue weighted by atomic mass is 9.95. The quantitative estimate of drug-likeness (QED) is 0.428. The summed E-state index contributed by atoms with van der Waals surface area (Å²) in [7, 11) is 0. The fourth-order valence-corrected chi connectivity index (χ4v) is 1.45. The van der Waals surface area contributed by atoms with Crippen LogP contribution in [0.1, 0.15) is 36.5 Å². The van der Waals surface area contributed by atoms with E-state index in [1.165, 1.54) is 6.21 Å². The molecule has 1 aromatic carbocycles. The van der Waals surface area contributed by atoms with Gasteiger partial charge in [-0.1, -0.05) is 26.0 Å². The first-order valence-corrected chi connectivity index (χ1v) is 4.63. The molecular formula is C11H16N2O. The van der Waals surface area contributed by atoms with E-state index in [0.29, 0.717) is 5.92 Å². The molecule has 76 valence electrons. The molecule has 0 heterocycles. The molecule has 0 aliphatic heterocycles. The Bertz CT molecular complexity index is 357. The highest BCUT2D eigenvalue weighted by Gasteiger charge is 2.10. The number of hydrazone groups is 1. The van der Waals surface area contributed by atoms with E-state index >= 15 is 0 Å². The average molecular weight is 192 g/mol. The number of phenols is 1. The first kappa shape index (κ1) is 10.6. The minimum Gasteiger partial charge on any atom is -0.507 e. The van der Waals surface area contributed by atoms with Crippen LogP contribution in [0.25, 0.3) is 0 Å². The van der Waals surface area contributed by atoms with Crippen molar-refractivity contribution in [1.29, 1.82) is 0 Å². The standard InChI is InChI=1S/C11H16N2O/c1-7(2)9-5-4-8(3)11(14)10(9)6-13-12/h4-7,14H,12H2,1-3H3/b13-6+. The van der Waals surface area contributed by atoms with Crippen molar-refractivity contribution in [2.45, 2.75) is 26.7 Å². The second-order valence-electron chi connectivity index (χ2n) is 3.67. The molecule has 3 nitrogen and oxygen atoms in total. The van der Waals surface area contributed by atoms with E-state index in [-0.39, 0.29) is 5.75 Å². The Morgan fingerprint density at radius 2 is 2.07 bits per heavy atom. The van der Waals surface area contributed by atoms with Gasteiger partial charge in [-0.3, -0.25) is 0 Å². The highest BCUT2D eigenvalue weighted by molar-refractivity contribution is 5.86. The number of rotatable bonds is 2. The van der Waals surface area contributed by atoms with Crippen molar-refractivity contribution in [2.24, 2.45) is 10.9 Å². The molecule has 0 radical (unpaired) electrons. The molecule has 0 aromatic heterocycles. The lowest BCUT2D eigenvalue weighted by Gasteiger charge is -2.12. The van der Waals surface area contributed by atoms with Crippen LogP contribution in [0.2, 0.25) is 0 Å². The number of hydrogen-bond donors (Lipinski definition) is 2. The zero-order valence-corrected chi connectivity index (χ0v) is 8.78. The summed E-state index contributed by atoms with van der Waals surface area (Å²) in [6, 6.07) is 3.90. The van der Waals surface area contributed by atoms with Gasteiger partial charge < -0.3 is 10.9 Å². The number of nitrogens with zero attached hydrogens (tertiary/aromatic N) is 1. The lowest BCUT2D eigenvalue weighted by Crippen LogP contribution is -1.98. The zero-order valence-electron chi connectivity index (χ0n) is 8.78. The van der Waals surface area contributed by atoms with E-state index in [1.807, 2.05) is 19.1 Å². The summed E-state index contributed by atoms with van der Waals surface area (Å²) in [6.45, 7) is 5.99. The van der Waals surface area contributed by atoms with Gasteiger partial charge in [-0.25, -0.2) is 0 Å². The van der Waals surface area contributed by atoms with Crippen molar-refractivity contribution >= 4 is 6.21 Å². The van der Waals surface area contributed by atoms with Gasteiger partial charge in [0.05, 0.1) is 6.21 Å². The second kappa shape index (κ2) is 4.13. The van der Waals surface area contributed by atoms with Crippen LogP contribution >= 0.6 is 0 Å². The van der Waals surface area contributed by atoms with Crippen molar-refractivity contribution in [3.8, 4) is 5.75 Å². The molecule has 3 heteroatoms. The Balaban J connectivity index is 3.37. The number of hydrogen-bond acceptors (Lipinski definition) is 3. The van der Waals surface area contributed by atoms with Gasteiger partial charge >= 0.3 is 0 Å². The smallest absolute Gasteiger partial charge is 0.127 e. The summed E-state index contributed by atoms with van der Waals surface area (Å²) in [5, 5.41) is 13.3. The molecule has 0 aliphatic rings. The summed E-state index contributed by atoms with van der Waals surface area (Å²) < 4.78 is 0. The first-order valence-electron chi connectivity index (χ1n) is 4.63. The fraction of sp³-hybridized carbons (Fsp3) is 0.364. The van der Waals surface area contributed by atoms with Crippen LogP contribution < -0.4 is 5.84 Å². The Kier molecular flexibility index (Phi) is 3.12. The van der Waals surface area contributed by atoms with Crippen LogP contribution in [0.3, 0.4) is 0 Å². The van der Waals surface area contributed by atoms with E-state index in [9.17, 15) is 5.11 Å². The normalized spacial score (nSPS) is 11.4. The summed E-state index contributed by atoms with van der Waals surface area (Å²) in [5.74, 6) is 5.72. The van der Waals surface area contributed by atoms with Gasteiger partial charge in [-0.05, 0) is 24.0 Å². The molecular weight excluding hydrogens is 176 g/mol. The topological polar surface area (TPSA) is 58.6 Å². The molecule has 1 rings (SSSR count). The van der Waals surface area contributed by atoms with Gasteiger partial charge in [0.2, 0.25) is 0 Å². The maximum Gasteiger partial charge on any atom is 0.127 e. The molecule has 0 bridgehead atoms. The molecule has 0 saturated carbocycles. The van der Waals surface area contributed by atoms with E-state index in [0.717, 1.165) is 16.7 Å². The highest BCUT2D eigenvalue weighted by atomic mass is 16.3. The summed E-state index contributed by atoms with van der Waals surface area (Å²) in [6.07, 6.45) is 1.50. The average Bonchev–Trinajstić information content (AvgIpc) is 2.13. The van der Waals surface area contributed by atoms with Gasteiger partial charge in [0, 0.05) is 5.56 Å². The Morgan fingerprint density at radius 1 is 1.43 bits per heavy atom. The fourth-order valence-electron chi connectivity index (χ4n) is 1.45. The minimum absolute atomic E-state index is 0.269. The van der Waals surface area contributed by atoms with Crippen LogP contribution in [0, 0.1) is 6.92 Å². The van der Waals surface area contributed by atoms with Crippen LogP contribution in [-0.4, -0.2) is 11.3 Å². The Morgan fingerprint density at radius 3 is 2.57 bits per heavy atom. The van der Waals surface area contributed by atoms with Crippen LogP contribution in [-0.2, 0) is 0 Å². The third-order valence-corrected chi connectivity index (χ3v) is 2.28. The molecule has 0 spiro atoms. The third kappa shape index (κ3) is 1.87. The number of phenolic OH excluding ortho intramolecular Hbond substituents is 1. The molecule has 0 fully saturated rings. The SMILES string of the molecule is Cc1ccc(C(C)C)c(/C=N/N)c1O. The molecule has 0 aliphatic carbocycles. The summed E-state index contributed by atoms with van der Waals surface area (Å²) in [5.41, 5.74) is 2.62. The second-order valence-corrected chi connectivity index (χ2v) is 3.67. The molecule has 14 heavy (non-hydrogen) atoms.